The van der Waals surface area contributed by atoms with E-state index in [1.807, 2.05) is 30.9 Å². The number of aromatic nitrogens is 3. The van der Waals surface area contributed by atoms with Gasteiger partial charge in [0, 0.05) is 43.8 Å². The number of carbonyl (C=O) groups is 1. The van der Waals surface area contributed by atoms with E-state index in [-0.39, 0.29) is 11.8 Å². The lowest BCUT2D eigenvalue weighted by Crippen LogP contribution is -2.40. The van der Waals surface area contributed by atoms with Crippen molar-refractivity contribution in [2.75, 3.05) is 19.6 Å². The van der Waals surface area contributed by atoms with Crippen molar-refractivity contribution in [1.82, 2.24) is 19.7 Å². The zero-order chi connectivity index (χ0) is 19.0. The maximum Gasteiger partial charge on any atom is 0.231 e. The van der Waals surface area contributed by atoms with E-state index in [4.69, 9.17) is 16.6 Å². The van der Waals surface area contributed by atoms with Crippen LogP contribution in [0.3, 0.4) is 0 Å². The molecule has 2 aromatic heterocycles. The Labute approximate surface area is 163 Å². The minimum Gasteiger partial charge on any atom is -0.337 e. The van der Waals surface area contributed by atoms with E-state index in [1.54, 1.807) is 23.3 Å². The van der Waals surface area contributed by atoms with Crippen LogP contribution < -0.4 is 0 Å². The Hall–Kier alpha value is -2.47. The van der Waals surface area contributed by atoms with E-state index in [1.165, 1.54) is 11.1 Å². The molecule has 0 spiro atoms. The summed E-state index contributed by atoms with van der Waals surface area (Å²) in [5, 5.41) is 5.02. The van der Waals surface area contributed by atoms with Gasteiger partial charge in [-0.3, -0.25) is 19.5 Å². The van der Waals surface area contributed by atoms with Gasteiger partial charge in [0.25, 0.3) is 0 Å². The highest BCUT2D eigenvalue weighted by atomic mass is 35.5. The second-order valence-electron chi connectivity index (χ2n) is 6.93. The minimum absolute atomic E-state index is 0.0609. The summed E-state index contributed by atoms with van der Waals surface area (Å²) in [7, 11) is 0. The van der Waals surface area contributed by atoms with Gasteiger partial charge < -0.3 is 4.90 Å². The van der Waals surface area contributed by atoms with Crippen LogP contribution in [0.2, 0.25) is 5.02 Å². The molecular weight excluding hydrogens is 362 g/mol. The van der Waals surface area contributed by atoms with Gasteiger partial charge in [-0.05, 0) is 43.5 Å². The van der Waals surface area contributed by atoms with Crippen molar-refractivity contribution in [1.29, 1.82) is 0 Å². The number of aryl methyl sites for hydroxylation is 1. The first-order chi connectivity index (χ1) is 13.1. The van der Waals surface area contributed by atoms with Gasteiger partial charge in [0.1, 0.15) is 0 Å². The molecule has 1 unspecified atom stereocenters. The zero-order valence-corrected chi connectivity index (χ0v) is 16.3. The zero-order valence-electron chi connectivity index (χ0n) is 15.5. The fourth-order valence-electron chi connectivity index (χ4n) is 3.71. The predicted octanol–water partition coefficient (Wildman–Crippen LogP) is 3.09. The summed E-state index contributed by atoms with van der Waals surface area (Å²) in [4.78, 5) is 23.8. The number of carbonyl (C=O) groups excluding carboxylic acids is 1. The van der Waals surface area contributed by atoms with Crippen LogP contribution in [0.5, 0.6) is 0 Å². The van der Waals surface area contributed by atoms with Crippen molar-refractivity contribution in [3.8, 4) is 0 Å². The first-order valence-electron chi connectivity index (χ1n) is 9.26. The largest absolute Gasteiger partial charge is 0.337 e. The Morgan fingerprint density at radius 3 is 2.81 bits per heavy atom. The molecule has 4 rings (SSSR count). The molecule has 0 bridgehead atoms. The third-order valence-electron chi connectivity index (χ3n) is 5.29. The summed E-state index contributed by atoms with van der Waals surface area (Å²) >= 11 is 6.31. The van der Waals surface area contributed by atoms with Gasteiger partial charge in [0.2, 0.25) is 5.91 Å². The molecule has 1 atom stereocenters. The van der Waals surface area contributed by atoms with Crippen molar-refractivity contribution in [2.24, 2.45) is 4.99 Å². The van der Waals surface area contributed by atoms with Crippen LogP contribution in [-0.2, 0) is 11.3 Å². The summed E-state index contributed by atoms with van der Waals surface area (Å²) in [6.45, 7) is 6.65. The predicted molar refractivity (Wildman–Crippen MR) is 105 cm³/mol. The van der Waals surface area contributed by atoms with Crippen molar-refractivity contribution in [2.45, 2.75) is 32.7 Å². The normalized spacial score (nSPS) is 17.7. The van der Waals surface area contributed by atoms with E-state index >= 15 is 0 Å². The number of hydrogen-bond acceptors (Lipinski definition) is 4. The molecule has 0 N–H and O–H groups in total. The summed E-state index contributed by atoms with van der Waals surface area (Å²) in [6.07, 6.45) is 6.19. The van der Waals surface area contributed by atoms with Gasteiger partial charge in [-0.1, -0.05) is 11.6 Å². The van der Waals surface area contributed by atoms with Crippen LogP contribution in [0.15, 0.2) is 46.9 Å². The first-order valence-corrected chi connectivity index (χ1v) is 9.64. The lowest BCUT2D eigenvalue weighted by atomic mass is 9.94. The average molecular weight is 384 g/mol. The Bertz CT molecular complexity index is 931. The van der Waals surface area contributed by atoms with Gasteiger partial charge in [-0.25, -0.2) is 0 Å². The van der Waals surface area contributed by atoms with Crippen LogP contribution >= 0.6 is 11.6 Å². The Morgan fingerprint density at radius 1 is 1.33 bits per heavy atom. The van der Waals surface area contributed by atoms with Crippen LogP contribution in [0, 0.1) is 0 Å². The number of amides is 1. The maximum absolute atomic E-state index is 13.1. The van der Waals surface area contributed by atoms with Crippen molar-refractivity contribution < 1.29 is 4.79 Å². The molecule has 2 aliphatic heterocycles. The Morgan fingerprint density at radius 2 is 2.11 bits per heavy atom. The third-order valence-corrected chi connectivity index (χ3v) is 5.58. The first kappa shape index (κ1) is 17.9. The molecule has 0 saturated heterocycles. The molecule has 140 valence electrons. The average Bonchev–Trinajstić information content (AvgIpc) is 3.30. The molecule has 0 fully saturated rings. The summed E-state index contributed by atoms with van der Waals surface area (Å²) in [5.74, 6) is -0.305. The number of aliphatic imine (C=N–C) groups is 1. The van der Waals surface area contributed by atoms with Crippen LogP contribution in [-0.4, -0.2) is 50.9 Å². The maximum atomic E-state index is 13.1. The van der Waals surface area contributed by atoms with Gasteiger partial charge >= 0.3 is 0 Å². The van der Waals surface area contributed by atoms with E-state index in [0.717, 1.165) is 30.8 Å². The van der Waals surface area contributed by atoms with Crippen LogP contribution in [0.25, 0.3) is 0 Å². The number of hydrogen-bond donors (Lipinski definition) is 0. The van der Waals surface area contributed by atoms with E-state index in [0.29, 0.717) is 23.8 Å². The standard InChI is InChI=1S/C20H22ClN5O/c1-3-26-12-17(21)18(24-26)13(2)20(27)25-9-6-15-10-23-19(16(15)11-25)14-4-7-22-8-5-14/h4-5,7-8,12-13H,3,6,9-11H2,1-2H3. The number of rotatable bonds is 4. The van der Waals surface area contributed by atoms with Crippen LogP contribution in [0.1, 0.15) is 37.4 Å². The van der Waals surface area contributed by atoms with Crippen molar-refractivity contribution in [3.63, 3.8) is 0 Å². The highest BCUT2D eigenvalue weighted by Crippen LogP contribution is 2.30. The third kappa shape index (κ3) is 3.30. The topological polar surface area (TPSA) is 63.4 Å². The molecule has 7 heteroatoms. The fraction of sp³-hybridized carbons (Fsp3) is 0.400. The summed E-state index contributed by atoms with van der Waals surface area (Å²) in [5.41, 5.74) is 5.22. The highest BCUT2D eigenvalue weighted by Gasteiger charge is 2.32. The molecule has 27 heavy (non-hydrogen) atoms. The molecule has 6 nitrogen and oxygen atoms in total. The quantitative estimate of drug-likeness (QED) is 0.815. The van der Waals surface area contributed by atoms with Gasteiger partial charge in [-0.15, -0.1) is 0 Å². The second kappa shape index (κ2) is 7.27. The summed E-state index contributed by atoms with van der Waals surface area (Å²) in [6, 6.07) is 3.94. The molecular formula is C20H22ClN5O. The number of halogens is 1. The van der Waals surface area contributed by atoms with Crippen LogP contribution in [0.4, 0.5) is 0 Å². The molecule has 1 amide bonds. The minimum atomic E-state index is -0.366. The number of pyridine rings is 1. The van der Waals surface area contributed by atoms with E-state index < -0.39 is 0 Å². The monoisotopic (exact) mass is 383 g/mol. The van der Waals surface area contributed by atoms with Gasteiger partial charge in [0.15, 0.2) is 0 Å². The Balaban J connectivity index is 1.54. The van der Waals surface area contributed by atoms with Crippen molar-refractivity contribution >= 4 is 23.2 Å². The Kier molecular flexibility index (Phi) is 4.83. The molecule has 4 heterocycles. The van der Waals surface area contributed by atoms with Crippen molar-refractivity contribution in [3.05, 3.63) is 58.1 Å². The van der Waals surface area contributed by atoms with Gasteiger partial charge in [-0.2, -0.15) is 5.10 Å². The molecule has 0 aliphatic carbocycles. The molecule has 2 aromatic rings. The lowest BCUT2D eigenvalue weighted by Gasteiger charge is -2.30. The molecule has 0 radical (unpaired) electrons. The molecule has 0 saturated carbocycles. The van der Waals surface area contributed by atoms with Gasteiger partial charge in [0.05, 0.1) is 28.9 Å². The molecule has 0 aromatic carbocycles. The second-order valence-corrected chi connectivity index (χ2v) is 7.34. The van der Waals surface area contributed by atoms with E-state index in [2.05, 4.69) is 10.1 Å². The lowest BCUT2D eigenvalue weighted by molar-refractivity contribution is -0.132. The fourth-order valence-corrected chi connectivity index (χ4v) is 4.03. The summed E-state index contributed by atoms with van der Waals surface area (Å²) < 4.78 is 1.77. The highest BCUT2D eigenvalue weighted by molar-refractivity contribution is 6.31. The SMILES string of the molecule is CCn1cc(Cl)c(C(C)C(=O)N2CCC3=C(C2)C(c2ccncc2)=NC3)n1. The van der Waals surface area contributed by atoms with E-state index in [9.17, 15) is 4.79 Å². The number of nitrogens with zero attached hydrogens (tertiary/aromatic N) is 5. The smallest absolute Gasteiger partial charge is 0.231 e. The molecule has 2 aliphatic rings.